The summed E-state index contributed by atoms with van der Waals surface area (Å²) >= 11 is 1.29. The number of hydrogen-bond acceptors (Lipinski definition) is 7. The van der Waals surface area contributed by atoms with Gasteiger partial charge in [-0.15, -0.1) is 11.3 Å². The van der Waals surface area contributed by atoms with Crippen molar-refractivity contribution in [1.82, 2.24) is 15.3 Å². The van der Waals surface area contributed by atoms with E-state index in [1.165, 1.54) is 24.3 Å². The molecule has 0 spiro atoms. The molecule has 3 heterocycles. The molecule has 10 heteroatoms. The third-order valence-electron chi connectivity index (χ3n) is 5.34. The third kappa shape index (κ3) is 3.91. The molecule has 30 heavy (non-hydrogen) atoms. The number of likely N-dealkylation sites (N-methyl/N-ethyl adjacent to an activating group) is 1. The topological polar surface area (TPSA) is 74.4 Å². The SMILES string of the molecule is CCN(CC1CCCN1)c1nc2c(C(F)(F)F)c(C(C)O)cc(-c3nccs3)c2o1. The lowest BCUT2D eigenvalue weighted by Gasteiger charge is -2.22. The predicted octanol–water partition coefficient (Wildman–Crippen LogP) is 4.60. The quantitative estimate of drug-likeness (QED) is 0.584. The van der Waals surface area contributed by atoms with Gasteiger partial charge in [-0.05, 0) is 44.9 Å². The first-order valence-corrected chi connectivity index (χ1v) is 10.8. The lowest BCUT2D eigenvalue weighted by atomic mass is 9.98. The van der Waals surface area contributed by atoms with E-state index in [1.54, 1.807) is 11.6 Å². The minimum absolute atomic E-state index is 0.0366. The molecule has 0 radical (unpaired) electrons. The van der Waals surface area contributed by atoms with Gasteiger partial charge in [-0.3, -0.25) is 0 Å². The van der Waals surface area contributed by atoms with Crippen LogP contribution in [0.3, 0.4) is 0 Å². The van der Waals surface area contributed by atoms with Gasteiger partial charge in [0.05, 0.1) is 17.2 Å². The summed E-state index contributed by atoms with van der Waals surface area (Å²) in [5, 5.41) is 15.7. The maximum absolute atomic E-state index is 14.0. The fourth-order valence-corrected chi connectivity index (χ4v) is 4.54. The molecule has 1 aliphatic heterocycles. The number of nitrogens with one attached hydrogen (secondary N) is 1. The zero-order valence-electron chi connectivity index (χ0n) is 16.7. The number of alkyl halides is 3. The summed E-state index contributed by atoms with van der Waals surface area (Å²) in [4.78, 5) is 10.4. The number of benzene rings is 1. The van der Waals surface area contributed by atoms with Gasteiger partial charge >= 0.3 is 6.18 Å². The number of fused-ring (bicyclic) bond motifs is 1. The Morgan fingerprint density at radius 2 is 2.23 bits per heavy atom. The minimum atomic E-state index is -4.69. The van der Waals surface area contributed by atoms with Crippen molar-refractivity contribution in [3.8, 4) is 10.6 Å². The van der Waals surface area contributed by atoms with Crippen LogP contribution in [0.15, 0.2) is 22.1 Å². The molecular weight excluding hydrogens is 417 g/mol. The number of thiazole rings is 1. The average Bonchev–Trinajstić information content (AvgIpc) is 3.45. The molecule has 0 bridgehead atoms. The molecule has 1 aliphatic rings. The van der Waals surface area contributed by atoms with Crippen molar-refractivity contribution in [2.45, 2.75) is 45.0 Å². The van der Waals surface area contributed by atoms with Crippen molar-refractivity contribution in [1.29, 1.82) is 0 Å². The van der Waals surface area contributed by atoms with E-state index in [2.05, 4.69) is 15.3 Å². The summed E-state index contributed by atoms with van der Waals surface area (Å²) in [6.07, 6.45) is -2.37. The van der Waals surface area contributed by atoms with Gasteiger partial charge in [-0.1, -0.05) is 0 Å². The summed E-state index contributed by atoms with van der Waals surface area (Å²) in [5.41, 5.74) is -1.05. The highest BCUT2D eigenvalue weighted by molar-refractivity contribution is 7.13. The molecule has 3 aromatic rings. The Bertz CT molecular complexity index is 1010. The first-order valence-electron chi connectivity index (χ1n) is 9.90. The number of oxazole rings is 1. The monoisotopic (exact) mass is 440 g/mol. The molecule has 2 N–H and O–H groups in total. The van der Waals surface area contributed by atoms with Crippen molar-refractivity contribution in [2.75, 3.05) is 24.5 Å². The van der Waals surface area contributed by atoms with Gasteiger partial charge in [0.2, 0.25) is 0 Å². The van der Waals surface area contributed by atoms with Crippen molar-refractivity contribution < 1.29 is 22.7 Å². The van der Waals surface area contributed by atoms with Crippen LogP contribution in [0.25, 0.3) is 21.7 Å². The molecule has 2 atom stereocenters. The van der Waals surface area contributed by atoms with Crippen LogP contribution in [0.5, 0.6) is 0 Å². The highest BCUT2D eigenvalue weighted by Crippen LogP contribution is 2.44. The van der Waals surface area contributed by atoms with Gasteiger partial charge in [0.15, 0.2) is 5.58 Å². The molecule has 2 unspecified atom stereocenters. The minimum Gasteiger partial charge on any atom is -0.423 e. The zero-order valence-corrected chi connectivity index (χ0v) is 17.5. The molecule has 0 amide bonds. The zero-order chi connectivity index (χ0) is 21.5. The van der Waals surface area contributed by atoms with E-state index in [9.17, 15) is 18.3 Å². The van der Waals surface area contributed by atoms with Crippen molar-refractivity contribution in [3.63, 3.8) is 0 Å². The number of hydrogen-bond donors (Lipinski definition) is 2. The molecule has 0 aliphatic carbocycles. The van der Waals surface area contributed by atoms with E-state index in [0.29, 0.717) is 23.7 Å². The average molecular weight is 440 g/mol. The standard InChI is InChI=1S/C20H23F3N4O2S/c1-3-27(10-12-5-4-6-24-12)19-26-16-15(20(21,22)23)13(11(2)28)9-14(17(16)29-19)18-25-7-8-30-18/h7-9,11-12,24,28H,3-6,10H2,1-2H3. The Hall–Kier alpha value is -2.17. The van der Waals surface area contributed by atoms with Crippen molar-refractivity contribution >= 4 is 28.5 Å². The summed E-state index contributed by atoms with van der Waals surface area (Å²) in [5.74, 6) is 0. The van der Waals surface area contributed by atoms with Gasteiger partial charge < -0.3 is 19.7 Å². The van der Waals surface area contributed by atoms with Crippen molar-refractivity contribution in [2.24, 2.45) is 0 Å². The molecule has 6 nitrogen and oxygen atoms in total. The molecule has 0 saturated carbocycles. The van der Waals surface area contributed by atoms with Gasteiger partial charge in [0.1, 0.15) is 10.5 Å². The molecule has 4 rings (SSSR count). The van der Waals surface area contributed by atoms with E-state index in [-0.39, 0.29) is 28.7 Å². The molecule has 1 aromatic carbocycles. The summed E-state index contributed by atoms with van der Waals surface area (Å²) < 4.78 is 47.9. The highest BCUT2D eigenvalue weighted by atomic mass is 32.1. The predicted molar refractivity (Wildman–Crippen MR) is 110 cm³/mol. The number of halogens is 3. The van der Waals surface area contributed by atoms with Crippen LogP contribution in [0.2, 0.25) is 0 Å². The second-order valence-corrected chi connectivity index (χ2v) is 8.30. The lowest BCUT2D eigenvalue weighted by Crippen LogP contribution is -2.37. The Morgan fingerprint density at radius 1 is 1.43 bits per heavy atom. The summed E-state index contributed by atoms with van der Waals surface area (Å²) in [6, 6.07) is 1.71. The van der Waals surface area contributed by atoms with E-state index in [4.69, 9.17) is 4.42 Å². The Kier molecular flexibility index (Phi) is 5.73. The number of nitrogens with zero attached hydrogens (tertiary/aromatic N) is 3. The van der Waals surface area contributed by atoms with E-state index in [0.717, 1.165) is 19.4 Å². The van der Waals surface area contributed by atoms with Crippen LogP contribution in [0, 0.1) is 0 Å². The van der Waals surface area contributed by atoms with Crippen LogP contribution < -0.4 is 10.2 Å². The smallest absolute Gasteiger partial charge is 0.418 e. The van der Waals surface area contributed by atoms with Gasteiger partial charge in [0.25, 0.3) is 6.01 Å². The van der Waals surface area contributed by atoms with Crippen LogP contribution in [0.1, 0.15) is 43.9 Å². The van der Waals surface area contributed by atoms with E-state index < -0.39 is 17.8 Å². The Balaban J connectivity index is 1.91. The third-order valence-corrected chi connectivity index (χ3v) is 6.14. The first-order chi connectivity index (χ1) is 14.3. The lowest BCUT2D eigenvalue weighted by molar-refractivity contribution is -0.137. The number of aromatic nitrogens is 2. The number of aliphatic hydroxyl groups is 1. The number of anilines is 1. The Morgan fingerprint density at radius 3 is 2.80 bits per heavy atom. The maximum atomic E-state index is 14.0. The molecular formula is C20H23F3N4O2S. The summed E-state index contributed by atoms with van der Waals surface area (Å²) in [7, 11) is 0. The van der Waals surface area contributed by atoms with Crippen LogP contribution >= 0.6 is 11.3 Å². The number of rotatable bonds is 6. The largest absolute Gasteiger partial charge is 0.423 e. The Labute approximate surface area is 175 Å². The molecule has 1 fully saturated rings. The fraction of sp³-hybridized carbons (Fsp3) is 0.500. The van der Waals surface area contributed by atoms with E-state index >= 15 is 0 Å². The second kappa shape index (κ2) is 8.16. The van der Waals surface area contributed by atoms with Crippen LogP contribution in [0.4, 0.5) is 19.2 Å². The molecule has 162 valence electrons. The van der Waals surface area contributed by atoms with Crippen LogP contribution in [-0.2, 0) is 6.18 Å². The van der Waals surface area contributed by atoms with Gasteiger partial charge in [-0.25, -0.2) is 4.98 Å². The van der Waals surface area contributed by atoms with Gasteiger partial charge in [-0.2, -0.15) is 18.2 Å². The fourth-order valence-electron chi connectivity index (χ4n) is 3.89. The van der Waals surface area contributed by atoms with Crippen LogP contribution in [-0.4, -0.2) is 40.8 Å². The van der Waals surface area contributed by atoms with E-state index in [1.807, 2.05) is 11.8 Å². The molecule has 1 saturated heterocycles. The normalized spacial score (nSPS) is 18.3. The first kappa shape index (κ1) is 21.1. The maximum Gasteiger partial charge on any atom is 0.418 e. The second-order valence-electron chi connectivity index (χ2n) is 7.41. The van der Waals surface area contributed by atoms with Gasteiger partial charge in [0, 0.05) is 30.7 Å². The summed E-state index contributed by atoms with van der Waals surface area (Å²) in [6.45, 7) is 5.30. The molecule has 2 aromatic heterocycles. The number of aliphatic hydroxyl groups excluding tert-OH is 1. The highest BCUT2D eigenvalue weighted by Gasteiger charge is 2.40. The van der Waals surface area contributed by atoms with Crippen molar-refractivity contribution in [3.05, 3.63) is 28.8 Å².